The summed E-state index contributed by atoms with van der Waals surface area (Å²) in [4.78, 5) is 11.7. The van der Waals surface area contributed by atoms with E-state index in [0.717, 1.165) is 28.6 Å². The maximum absolute atomic E-state index is 13.1. The predicted molar refractivity (Wildman–Crippen MR) is 91.7 cm³/mol. The Bertz CT molecular complexity index is 824. The van der Waals surface area contributed by atoms with E-state index in [-0.39, 0.29) is 11.5 Å². The number of benzene rings is 2. The Morgan fingerprint density at radius 3 is 2.46 bits per heavy atom. The molecule has 2 aromatic rings. The van der Waals surface area contributed by atoms with E-state index < -0.39 is 28.4 Å². The normalized spacial score (nSPS) is 11.1. The maximum Gasteiger partial charge on any atom is 0.326 e. The molecule has 0 aromatic heterocycles. The summed E-state index contributed by atoms with van der Waals surface area (Å²) in [5.74, 6) is -1.23. The number of hydrogen-bond acceptors (Lipinski definition) is 4. The summed E-state index contributed by atoms with van der Waals surface area (Å²) in [6.45, 7) is 1.29. The molecule has 2 rings (SSSR count). The van der Waals surface area contributed by atoms with Gasteiger partial charge in [-0.05, 0) is 49.4 Å². The first-order valence-electron chi connectivity index (χ1n) is 7.04. The highest BCUT2D eigenvalue weighted by atomic mass is 79.9. The van der Waals surface area contributed by atoms with E-state index in [0.29, 0.717) is 10.2 Å². The molecule has 0 fully saturated rings. The zero-order chi connectivity index (χ0) is 17.7. The SMILES string of the molecule is CCOC(=O)CN(c1cccc(Br)c1)S(=O)(=O)c1ccc(F)cc1. The highest BCUT2D eigenvalue weighted by Gasteiger charge is 2.27. The third kappa shape index (κ3) is 4.33. The molecular formula is C16H15BrFNO4S. The second-order valence-electron chi connectivity index (χ2n) is 4.75. The van der Waals surface area contributed by atoms with Crippen LogP contribution in [-0.4, -0.2) is 27.5 Å². The molecule has 0 aliphatic carbocycles. The van der Waals surface area contributed by atoms with Crippen molar-refractivity contribution in [2.24, 2.45) is 0 Å². The summed E-state index contributed by atoms with van der Waals surface area (Å²) in [5, 5.41) is 0. The number of halogens is 2. The Morgan fingerprint density at radius 2 is 1.88 bits per heavy atom. The van der Waals surface area contributed by atoms with Crippen LogP contribution in [0.15, 0.2) is 57.9 Å². The summed E-state index contributed by atoms with van der Waals surface area (Å²) in [5.41, 5.74) is 0.293. The largest absolute Gasteiger partial charge is 0.465 e. The van der Waals surface area contributed by atoms with Crippen LogP contribution in [0.5, 0.6) is 0 Å². The number of esters is 1. The van der Waals surface area contributed by atoms with E-state index in [9.17, 15) is 17.6 Å². The molecule has 8 heteroatoms. The molecular weight excluding hydrogens is 401 g/mol. The van der Waals surface area contributed by atoms with Crippen molar-refractivity contribution in [3.05, 3.63) is 58.8 Å². The third-order valence-electron chi connectivity index (χ3n) is 3.08. The molecule has 128 valence electrons. The van der Waals surface area contributed by atoms with Gasteiger partial charge in [-0.1, -0.05) is 22.0 Å². The van der Waals surface area contributed by atoms with E-state index in [1.807, 2.05) is 0 Å². The number of nitrogens with zero attached hydrogens (tertiary/aromatic N) is 1. The lowest BCUT2D eigenvalue weighted by Gasteiger charge is -2.23. The van der Waals surface area contributed by atoms with Gasteiger partial charge in [0.25, 0.3) is 10.0 Å². The zero-order valence-corrected chi connectivity index (χ0v) is 15.2. The van der Waals surface area contributed by atoms with Gasteiger partial charge in [-0.25, -0.2) is 12.8 Å². The average molecular weight is 416 g/mol. The lowest BCUT2D eigenvalue weighted by molar-refractivity contribution is -0.141. The minimum absolute atomic E-state index is 0.117. The lowest BCUT2D eigenvalue weighted by Crippen LogP contribution is -2.36. The number of carbonyl (C=O) groups is 1. The molecule has 0 bridgehead atoms. The maximum atomic E-state index is 13.1. The molecule has 0 atom stereocenters. The summed E-state index contributed by atoms with van der Waals surface area (Å²) in [6, 6.07) is 10.9. The van der Waals surface area contributed by atoms with Gasteiger partial charge in [0.15, 0.2) is 0 Å². The molecule has 0 aliphatic rings. The molecule has 5 nitrogen and oxygen atoms in total. The van der Waals surface area contributed by atoms with Gasteiger partial charge < -0.3 is 4.74 Å². The number of ether oxygens (including phenoxy) is 1. The monoisotopic (exact) mass is 415 g/mol. The summed E-state index contributed by atoms with van der Waals surface area (Å²) in [7, 11) is -4.06. The quantitative estimate of drug-likeness (QED) is 0.678. The van der Waals surface area contributed by atoms with Crippen LogP contribution < -0.4 is 4.31 Å². The van der Waals surface area contributed by atoms with Gasteiger partial charge in [0.05, 0.1) is 17.2 Å². The van der Waals surface area contributed by atoms with Crippen molar-refractivity contribution < 1.29 is 22.3 Å². The van der Waals surface area contributed by atoms with Crippen molar-refractivity contribution in [1.29, 1.82) is 0 Å². The number of rotatable bonds is 6. The zero-order valence-electron chi connectivity index (χ0n) is 12.8. The lowest BCUT2D eigenvalue weighted by atomic mass is 10.3. The van der Waals surface area contributed by atoms with Crippen molar-refractivity contribution >= 4 is 37.6 Å². The van der Waals surface area contributed by atoms with Crippen LogP contribution in [-0.2, 0) is 19.6 Å². The number of sulfonamides is 1. The summed E-state index contributed by atoms with van der Waals surface area (Å²) in [6.07, 6.45) is 0. The molecule has 0 heterocycles. The van der Waals surface area contributed by atoms with E-state index in [1.54, 1.807) is 31.2 Å². The third-order valence-corrected chi connectivity index (χ3v) is 5.36. The molecule has 0 spiro atoms. The van der Waals surface area contributed by atoms with Crippen LogP contribution in [0.3, 0.4) is 0 Å². The van der Waals surface area contributed by atoms with E-state index in [1.165, 1.54) is 0 Å². The first-order valence-corrected chi connectivity index (χ1v) is 9.27. The van der Waals surface area contributed by atoms with Crippen LogP contribution in [0.2, 0.25) is 0 Å². The van der Waals surface area contributed by atoms with Gasteiger partial charge in [-0.3, -0.25) is 9.10 Å². The van der Waals surface area contributed by atoms with Crippen molar-refractivity contribution in [3.63, 3.8) is 0 Å². The van der Waals surface area contributed by atoms with E-state index in [2.05, 4.69) is 15.9 Å². The fraction of sp³-hybridized carbons (Fsp3) is 0.188. The molecule has 0 N–H and O–H groups in total. The minimum atomic E-state index is -4.06. The van der Waals surface area contributed by atoms with Crippen molar-refractivity contribution in [2.75, 3.05) is 17.5 Å². The Labute approximate surface area is 148 Å². The van der Waals surface area contributed by atoms with Crippen molar-refractivity contribution in [3.8, 4) is 0 Å². The van der Waals surface area contributed by atoms with Gasteiger partial charge in [-0.15, -0.1) is 0 Å². The molecule has 0 unspecified atom stereocenters. The molecule has 2 aromatic carbocycles. The number of carbonyl (C=O) groups excluding carboxylic acids is 1. The highest BCUT2D eigenvalue weighted by molar-refractivity contribution is 9.10. The van der Waals surface area contributed by atoms with E-state index >= 15 is 0 Å². The molecule has 0 saturated carbocycles. The Kier molecular flexibility index (Phi) is 5.95. The van der Waals surface area contributed by atoms with Gasteiger partial charge in [0.1, 0.15) is 12.4 Å². The van der Waals surface area contributed by atoms with Gasteiger partial charge >= 0.3 is 5.97 Å². The summed E-state index contributed by atoms with van der Waals surface area (Å²) < 4.78 is 45.3. The van der Waals surface area contributed by atoms with Gasteiger partial charge in [0.2, 0.25) is 0 Å². The molecule has 0 amide bonds. The first kappa shape index (κ1) is 18.4. The fourth-order valence-electron chi connectivity index (χ4n) is 2.00. The Hall–Kier alpha value is -1.93. The van der Waals surface area contributed by atoms with Crippen LogP contribution >= 0.6 is 15.9 Å². The Balaban J connectivity index is 2.48. The average Bonchev–Trinajstić information content (AvgIpc) is 2.53. The first-order chi connectivity index (χ1) is 11.3. The van der Waals surface area contributed by atoms with Crippen LogP contribution in [0.1, 0.15) is 6.92 Å². The van der Waals surface area contributed by atoms with Crippen molar-refractivity contribution in [1.82, 2.24) is 0 Å². The second kappa shape index (κ2) is 7.76. The number of anilines is 1. The molecule has 24 heavy (non-hydrogen) atoms. The fourth-order valence-corrected chi connectivity index (χ4v) is 3.79. The summed E-state index contributed by atoms with van der Waals surface area (Å²) >= 11 is 3.27. The minimum Gasteiger partial charge on any atom is -0.465 e. The van der Waals surface area contributed by atoms with E-state index in [4.69, 9.17) is 4.74 Å². The van der Waals surface area contributed by atoms with Crippen molar-refractivity contribution in [2.45, 2.75) is 11.8 Å². The predicted octanol–water partition coefficient (Wildman–Crippen LogP) is 3.35. The second-order valence-corrected chi connectivity index (χ2v) is 7.53. The smallest absolute Gasteiger partial charge is 0.326 e. The molecule has 0 saturated heterocycles. The Morgan fingerprint density at radius 1 is 1.21 bits per heavy atom. The number of hydrogen-bond donors (Lipinski definition) is 0. The van der Waals surface area contributed by atoms with Crippen LogP contribution in [0.25, 0.3) is 0 Å². The molecule has 0 radical (unpaired) electrons. The van der Waals surface area contributed by atoms with Gasteiger partial charge in [-0.2, -0.15) is 0 Å². The topological polar surface area (TPSA) is 63.7 Å². The van der Waals surface area contributed by atoms with Gasteiger partial charge in [0, 0.05) is 4.47 Å². The molecule has 0 aliphatic heterocycles. The van der Waals surface area contributed by atoms with Crippen LogP contribution in [0.4, 0.5) is 10.1 Å². The highest BCUT2D eigenvalue weighted by Crippen LogP contribution is 2.26. The standard InChI is InChI=1S/C16H15BrFNO4S/c1-2-23-16(20)11-19(14-5-3-4-12(17)10-14)24(21,22)15-8-6-13(18)7-9-15/h3-10H,2,11H2,1H3. The van der Waals surface area contributed by atoms with Crippen LogP contribution in [0, 0.1) is 5.82 Å².